The van der Waals surface area contributed by atoms with Crippen LogP contribution in [-0.4, -0.2) is 24.8 Å². The van der Waals surface area contributed by atoms with E-state index in [-0.39, 0.29) is 6.61 Å². The van der Waals surface area contributed by atoms with Crippen LogP contribution in [0.4, 0.5) is 0 Å². The molecule has 0 saturated heterocycles. The van der Waals surface area contributed by atoms with E-state index in [0.29, 0.717) is 12.5 Å². The number of methoxy groups -OCH3 is 1. The van der Waals surface area contributed by atoms with Crippen LogP contribution >= 0.6 is 0 Å². The van der Waals surface area contributed by atoms with Gasteiger partial charge in [-0.05, 0) is 29.2 Å². The van der Waals surface area contributed by atoms with Gasteiger partial charge < -0.3 is 14.6 Å². The van der Waals surface area contributed by atoms with Crippen molar-refractivity contribution in [2.75, 3.05) is 13.7 Å². The highest BCUT2D eigenvalue weighted by molar-refractivity contribution is 5.68. The predicted molar refractivity (Wildman–Crippen MR) is 64.4 cm³/mol. The molecule has 0 amide bonds. The van der Waals surface area contributed by atoms with Gasteiger partial charge in [0.05, 0.1) is 13.7 Å². The number of benzene rings is 1. The minimum absolute atomic E-state index is 0.275. The zero-order chi connectivity index (χ0) is 12.8. The maximum atomic E-state index is 10.3. The smallest absolute Gasteiger partial charge is 0.329 e. The van der Waals surface area contributed by atoms with Crippen molar-refractivity contribution in [3.63, 3.8) is 0 Å². The first-order valence-corrected chi connectivity index (χ1v) is 5.51. The maximum Gasteiger partial charge on any atom is 0.329 e. The summed E-state index contributed by atoms with van der Waals surface area (Å²) < 4.78 is 10.3. The summed E-state index contributed by atoms with van der Waals surface area (Å²) >= 11 is 0. The molecule has 0 aromatic heterocycles. The fourth-order valence-corrected chi connectivity index (χ4v) is 1.58. The average molecular weight is 238 g/mol. The molecule has 0 saturated carbocycles. The third kappa shape index (κ3) is 4.07. The summed E-state index contributed by atoms with van der Waals surface area (Å²) in [5, 5.41) is 8.47. The molecule has 0 radical (unpaired) electrons. The Labute approximate surface area is 101 Å². The quantitative estimate of drug-likeness (QED) is 0.827. The Morgan fingerprint density at radius 3 is 2.65 bits per heavy atom. The molecular formula is C13H18O4. The number of aliphatic carboxylic acids is 1. The fourth-order valence-electron chi connectivity index (χ4n) is 1.58. The Kier molecular flexibility index (Phi) is 4.97. The number of hydrogen-bond acceptors (Lipinski definition) is 3. The van der Waals surface area contributed by atoms with Gasteiger partial charge in [0, 0.05) is 0 Å². The molecule has 94 valence electrons. The molecule has 0 aliphatic carbocycles. The van der Waals surface area contributed by atoms with Crippen molar-refractivity contribution in [3.8, 4) is 5.75 Å². The Morgan fingerprint density at radius 2 is 2.12 bits per heavy atom. The number of ether oxygens (including phenoxy) is 2. The van der Waals surface area contributed by atoms with Crippen molar-refractivity contribution in [1.82, 2.24) is 0 Å². The summed E-state index contributed by atoms with van der Waals surface area (Å²) in [5.41, 5.74) is 2.06. The lowest BCUT2D eigenvalue weighted by Crippen LogP contribution is -2.07. The van der Waals surface area contributed by atoms with Gasteiger partial charge in [-0.3, -0.25) is 0 Å². The van der Waals surface area contributed by atoms with Crippen molar-refractivity contribution < 1.29 is 19.4 Å². The minimum Gasteiger partial charge on any atom is -0.496 e. The predicted octanol–water partition coefficient (Wildman–Crippen LogP) is 2.42. The summed E-state index contributed by atoms with van der Waals surface area (Å²) in [4.78, 5) is 10.3. The third-order valence-corrected chi connectivity index (χ3v) is 2.41. The van der Waals surface area contributed by atoms with Gasteiger partial charge in [0.15, 0.2) is 0 Å². The van der Waals surface area contributed by atoms with Gasteiger partial charge in [0.1, 0.15) is 12.4 Å². The van der Waals surface area contributed by atoms with E-state index in [1.165, 1.54) is 0 Å². The van der Waals surface area contributed by atoms with Crippen LogP contribution < -0.4 is 4.74 Å². The van der Waals surface area contributed by atoms with Gasteiger partial charge in [-0.25, -0.2) is 4.79 Å². The topological polar surface area (TPSA) is 55.8 Å². The van der Waals surface area contributed by atoms with Crippen molar-refractivity contribution in [2.45, 2.75) is 26.4 Å². The van der Waals surface area contributed by atoms with Crippen molar-refractivity contribution in [3.05, 3.63) is 29.3 Å². The van der Waals surface area contributed by atoms with Gasteiger partial charge in [0.2, 0.25) is 0 Å². The molecule has 0 heterocycles. The van der Waals surface area contributed by atoms with Crippen molar-refractivity contribution in [1.29, 1.82) is 0 Å². The highest BCUT2D eigenvalue weighted by atomic mass is 16.5. The van der Waals surface area contributed by atoms with E-state index in [1.807, 2.05) is 18.2 Å². The van der Waals surface area contributed by atoms with Gasteiger partial charge in [-0.15, -0.1) is 0 Å². The molecule has 0 aliphatic heterocycles. The van der Waals surface area contributed by atoms with E-state index >= 15 is 0 Å². The molecule has 4 nitrogen and oxygen atoms in total. The van der Waals surface area contributed by atoms with E-state index in [1.54, 1.807) is 7.11 Å². The van der Waals surface area contributed by atoms with Gasteiger partial charge in [-0.1, -0.05) is 19.9 Å². The third-order valence-electron chi connectivity index (χ3n) is 2.41. The molecule has 0 atom stereocenters. The first-order valence-electron chi connectivity index (χ1n) is 5.51. The zero-order valence-corrected chi connectivity index (χ0v) is 10.4. The van der Waals surface area contributed by atoms with E-state index in [2.05, 4.69) is 13.8 Å². The summed E-state index contributed by atoms with van der Waals surface area (Å²) in [6.07, 6.45) is 0. The second-order valence-electron chi connectivity index (χ2n) is 4.12. The Morgan fingerprint density at radius 1 is 1.41 bits per heavy atom. The van der Waals surface area contributed by atoms with E-state index in [9.17, 15) is 4.79 Å². The van der Waals surface area contributed by atoms with Gasteiger partial charge in [0.25, 0.3) is 0 Å². The Bertz CT molecular complexity index is 385. The Balaban J connectivity index is 2.74. The number of hydrogen-bond donors (Lipinski definition) is 1. The summed E-state index contributed by atoms with van der Waals surface area (Å²) in [7, 11) is 1.64. The molecule has 1 N–H and O–H groups in total. The molecule has 4 heteroatoms. The Hall–Kier alpha value is -1.55. The molecule has 0 aliphatic rings. The lowest BCUT2D eigenvalue weighted by Gasteiger charge is -2.13. The monoisotopic (exact) mass is 238 g/mol. The number of rotatable bonds is 6. The standard InChI is InChI=1S/C13H18O4/c1-9(2)11-6-10(4-5-12(11)16-3)7-17-8-13(14)15/h4-6,9H,7-8H2,1-3H3,(H,14,15). The summed E-state index contributed by atoms with van der Waals surface area (Å²) in [6.45, 7) is 4.19. The second-order valence-corrected chi connectivity index (χ2v) is 4.12. The van der Waals surface area contributed by atoms with Gasteiger partial charge >= 0.3 is 5.97 Å². The van der Waals surface area contributed by atoms with Crippen LogP contribution in [0.3, 0.4) is 0 Å². The first kappa shape index (κ1) is 13.5. The lowest BCUT2D eigenvalue weighted by molar-refractivity contribution is -0.142. The van der Waals surface area contributed by atoms with E-state index in [0.717, 1.165) is 16.9 Å². The number of carboxylic acids is 1. The summed E-state index contributed by atoms with van der Waals surface area (Å²) in [6, 6.07) is 5.76. The van der Waals surface area contributed by atoms with Crippen molar-refractivity contribution >= 4 is 5.97 Å². The molecule has 1 aromatic carbocycles. The van der Waals surface area contributed by atoms with Crippen LogP contribution in [0.1, 0.15) is 30.9 Å². The molecule has 0 unspecified atom stereocenters. The fraction of sp³-hybridized carbons (Fsp3) is 0.462. The number of carbonyl (C=O) groups is 1. The van der Waals surface area contributed by atoms with Crippen LogP contribution in [-0.2, 0) is 16.1 Å². The highest BCUT2D eigenvalue weighted by Gasteiger charge is 2.08. The molecule has 1 aromatic rings. The molecule has 17 heavy (non-hydrogen) atoms. The van der Waals surface area contributed by atoms with E-state index < -0.39 is 5.97 Å². The second kappa shape index (κ2) is 6.25. The highest BCUT2D eigenvalue weighted by Crippen LogP contribution is 2.27. The first-order chi connectivity index (χ1) is 8.04. The van der Waals surface area contributed by atoms with E-state index in [4.69, 9.17) is 14.6 Å². The lowest BCUT2D eigenvalue weighted by atomic mass is 10.00. The van der Waals surface area contributed by atoms with Crippen LogP contribution in [0.5, 0.6) is 5.75 Å². The SMILES string of the molecule is COc1ccc(COCC(=O)O)cc1C(C)C. The molecule has 0 spiro atoms. The minimum atomic E-state index is -0.956. The zero-order valence-electron chi connectivity index (χ0n) is 10.4. The van der Waals surface area contributed by atoms with Crippen LogP contribution in [0.2, 0.25) is 0 Å². The largest absolute Gasteiger partial charge is 0.496 e. The maximum absolute atomic E-state index is 10.3. The molecule has 1 rings (SSSR count). The molecule has 0 fully saturated rings. The van der Waals surface area contributed by atoms with Gasteiger partial charge in [-0.2, -0.15) is 0 Å². The molecule has 0 bridgehead atoms. The molecular weight excluding hydrogens is 220 g/mol. The summed E-state index contributed by atoms with van der Waals surface area (Å²) in [5.74, 6) is 0.244. The van der Waals surface area contributed by atoms with Crippen molar-refractivity contribution in [2.24, 2.45) is 0 Å². The average Bonchev–Trinajstić information content (AvgIpc) is 2.28. The van der Waals surface area contributed by atoms with Crippen LogP contribution in [0.25, 0.3) is 0 Å². The normalized spacial score (nSPS) is 10.6. The van der Waals surface area contributed by atoms with Crippen LogP contribution in [0, 0.1) is 0 Å². The number of carboxylic acid groups (broad SMARTS) is 1. The van der Waals surface area contributed by atoms with Crippen LogP contribution in [0.15, 0.2) is 18.2 Å².